The molecule has 0 fully saturated rings. The third-order valence-electron chi connectivity index (χ3n) is 2.48. The Morgan fingerprint density at radius 2 is 2.29 bits per heavy atom. The average molecular weight is 195 g/mol. The molecule has 1 heterocycles. The summed E-state index contributed by atoms with van der Waals surface area (Å²) in [5, 5.41) is 3.33. The molecule has 0 aliphatic carbocycles. The minimum Gasteiger partial charge on any atom is -0.331 e. The van der Waals surface area contributed by atoms with Gasteiger partial charge in [-0.3, -0.25) is 0 Å². The van der Waals surface area contributed by atoms with Crippen molar-refractivity contribution in [2.75, 3.05) is 6.54 Å². The second-order valence-corrected chi connectivity index (χ2v) is 3.71. The zero-order valence-corrected chi connectivity index (χ0v) is 9.45. The summed E-state index contributed by atoms with van der Waals surface area (Å²) in [5.41, 5.74) is 1.28. The smallest absolute Gasteiger partial charge is 0.0951 e. The van der Waals surface area contributed by atoms with Crippen LogP contribution in [0.4, 0.5) is 0 Å². The molecule has 0 spiro atoms. The molecule has 1 rings (SSSR count). The van der Waals surface area contributed by atoms with Crippen molar-refractivity contribution in [3.63, 3.8) is 0 Å². The van der Waals surface area contributed by atoms with E-state index in [0.29, 0.717) is 6.04 Å². The lowest BCUT2D eigenvalue weighted by atomic mass is 10.2. The summed E-state index contributed by atoms with van der Waals surface area (Å²) in [5.74, 6) is 0. The molecule has 0 saturated heterocycles. The molecule has 1 atom stereocenters. The molecule has 1 unspecified atom stereocenters. The predicted octanol–water partition coefficient (Wildman–Crippen LogP) is 2.35. The second kappa shape index (κ2) is 5.81. The Morgan fingerprint density at radius 3 is 2.93 bits per heavy atom. The van der Waals surface area contributed by atoms with Crippen molar-refractivity contribution in [3.8, 4) is 0 Å². The van der Waals surface area contributed by atoms with Crippen LogP contribution in [-0.2, 0) is 6.54 Å². The number of rotatable bonds is 6. The van der Waals surface area contributed by atoms with E-state index in [1.807, 2.05) is 12.5 Å². The fraction of sp³-hybridized carbons (Fsp3) is 0.727. The van der Waals surface area contributed by atoms with Gasteiger partial charge in [0.1, 0.15) is 0 Å². The molecule has 1 N–H and O–H groups in total. The van der Waals surface area contributed by atoms with Crippen molar-refractivity contribution in [2.24, 2.45) is 0 Å². The zero-order chi connectivity index (χ0) is 10.4. The highest BCUT2D eigenvalue weighted by Crippen LogP contribution is 2.15. The highest BCUT2D eigenvalue weighted by atomic mass is 15.1. The molecule has 0 saturated carbocycles. The largest absolute Gasteiger partial charge is 0.331 e. The van der Waals surface area contributed by atoms with Crippen LogP contribution in [0.1, 0.15) is 45.3 Å². The first kappa shape index (κ1) is 11.2. The summed E-state index contributed by atoms with van der Waals surface area (Å²) < 4.78 is 2.27. The summed E-state index contributed by atoms with van der Waals surface area (Å²) in [6, 6.07) is 0.566. The van der Waals surface area contributed by atoms with Crippen LogP contribution in [0.2, 0.25) is 0 Å². The SMILES string of the molecule is CCCC(C)n1cncc1CNCC. The average Bonchev–Trinajstić information content (AvgIpc) is 2.63. The summed E-state index contributed by atoms with van der Waals surface area (Å²) >= 11 is 0. The van der Waals surface area contributed by atoms with Gasteiger partial charge in [0, 0.05) is 18.8 Å². The molecule has 3 nitrogen and oxygen atoms in total. The van der Waals surface area contributed by atoms with Gasteiger partial charge in [0.25, 0.3) is 0 Å². The molecule has 14 heavy (non-hydrogen) atoms. The van der Waals surface area contributed by atoms with Crippen LogP contribution < -0.4 is 5.32 Å². The molecule has 0 bridgehead atoms. The molecular formula is C11H21N3. The lowest BCUT2D eigenvalue weighted by Gasteiger charge is -2.15. The molecule has 0 amide bonds. The minimum atomic E-state index is 0.566. The third kappa shape index (κ3) is 2.84. The van der Waals surface area contributed by atoms with Gasteiger partial charge < -0.3 is 9.88 Å². The van der Waals surface area contributed by atoms with Crippen LogP contribution in [0.15, 0.2) is 12.5 Å². The first-order valence-electron chi connectivity index (χ1n) is 5.51. The number of aromatic nitrogens is 2. The standard InChI is InChI=1S/C11H21N3/c1-4-6-10(3)14-9-13-8-11(14)7-12-5-2/h8-10,12H,4-7H2,1-3H3. The molecule has 0 radical (unpaired) electrons. The quantitative estimate of drug-likeness (QED) is 0.755. The summed E-state index contributed by atoms with van der Waals surface area (Å²) in [4.78, 5) is 4.20. The molecular weight excluding hydrogens is 174 g/mol. The van der Waals surface area contributed by atoms with Crippen molar-refractivity contribution in [2.45, 2.75) is 46.2 Å². The normalized spacial score (nSPS) is 13.1. The molecule has 0 aromatic carbocycles. The van der Waals surface area contributed by atoms with E-state index in [9.17, 15) is 0 Å². The number of nitrogens with zero attached hydrogens (tertiary/aromatic N) is 2. The maximum absolute atomic E-state index is 4.20. The van der Waals surface area contributed by atoms with E-state index >= 15 is 0 Å². The van der Waals surface area contributed by atoms with Crippen molar-refractivity contribution in [1.29, 1.82) is 0 Å². The molecule has 0 aliphatic rings. The summed E-state index contributed by atoms with van der Waals surface area (Å²) in [7, 11) is 0. The van der Waals surface area contributed by atoms with Gasteiger partial charge in [-0.2, -0.15) is 0 Å². The maximum atomic E-state index is 4.20. The predicted molar refractivity (Wildman–Crippen MR) is 59.2 cm³/mol. The van der Waals surface area contributed by atoms with Crippen molar-refractivity contribution < 1.29 is 0 Å². The Hall–Kier alpha value is -0.830. The molecule has 0 aliphatic heterocycles. The first-order chi connectivity index (χ1) is 6.79. The van der Waals surface area contributed by atoms with Gasteiger partial charge in [-0.1, -0.05) is 20.3 Å². The lowest BCUT2D eigenvalue weighted by molar-refractivity contribution is 0.478. The van der Waals surface area contributed by atoms with E-state index in [-0.39, 0.29) is 0 Å². The van der Waals surface area contributed by atoms with Gasteiger partial charge in [0.05, 0.1) is 12.0 Å². The highest BCUT2D eigenvalue weighted by molar-refractivity contribution is 4.99. The monoisotopic (exact) mass is 195 g/mol. The third-order valence-corrected chi connectivity index (χ3v) is 2.48. The number of imidazole rings is 1. The summed E-state index contributed by atoms with van der Waals surface area (Å²) in [6.07, 6.45) is 6.33. The van der Waals surface area contributed by atoms with Crippen LogP contribution >= 0.6 is 0 Å². The molecule has 1 aromatic heterocycles. The van der Waals surface area contributed by atoms with Crippen molar-refractivity contribution in [1.82, 2.24) is 14.9 Å². The Labute approximate surface area is 86.5 Å². The minimum absolute atomic E-state index is 0.566. The van der Waals surface area contributed by atoms with Gasteiger partial charge in [-0.25, -0.2) is 4.98 Å². The van der Waals surface area contributed by atoms with E-state index in [4.69, 9.17) is 0 Å². The highest BCUT2D eigenvalue weighted by Gasteiger charge is 2.07. The molecule has 80 valence electrons. The Morgan fingerprint density at radius 1 is 1.50 bits per heavy atom. The number of hydrogen-bond acceptors (Lipinski definition) is 2. The summed E-state index contributed by atoms with van der Waals surface area (Å²) in [6.45, 7) is 8.52. The molecule has 3 heteroatoms. The van der Waals surface area contributed by atoms with E-state index in [0.717, 1.165) is 13.1 Å². The van der Waals surface area contributed by atoms with Crippen LogP contribution in [0.25, 0.3) is 0 Å². The van der Waals surface area contributed by atoms with Crippen LogP contribution in [0, 0.1) is 0 Å². The number of hydrogen-bond donors (Lipinski definition) is 1. The zero-order valence-electron chi connectivity index (χ0n) is 9.45. The van der Waals surface area contributed by atoms with Gasteiger partial charge in [-0.05, 0) is 19.9 Å². The van der Waals surface area contributed by atoms with E-state index in [1.165, 1.54) is 18.5 Å². The fourth-order valence-corrected chi connectivity index (χ4v) is 1.68. The van der Waals surface area contributed by atoms with Crippen molar-refractivity contribution >= 4 is 0 Å². The van der Waals surface area contributed by atoms with E-state index in [2.05, 4.69) is 35.6 Å². The van der Waals surface area contributed by atoms with E-state index in [1.54, 1.807) is 0 Å². The second-order valence-electron chi connectivity index (χ2n) is 3.71. The Kier molecular flexibility index (Phi) is 4.66. The van der Waals surface area contributed by atoms with Gasteiger partial charge in [0.2, 0.25) is 0 Å². The number of nitrogens with one attached hydrogen (secondary N) is 1. The van der Waals surface area contributed by atoms with Gasteiger partial charge in [0.15, 0.2) is 0 Å². The topological polar surface area (TPSA) is 29.9 Å². The van der Waals surface area contributed by atoms with Crippen molar-refractivity contribution in [3.05, 3.63) is 18.2 Å². The van der Waals surface area contributed by atoms with Crippen LogP contribution in [-0.4, -0.2) is 16.1 Å². The maximum Gasteiger partial charge on any atom is 0.0951 e. The van der Waals surface area contributed by atoms with Gasteiger partial charge in [-0.15, -0.1) is 0 Å². The lowest BCUT2D eigenvalue weighted by Crippen LogP contribution is -2.16. The Bertz CT molecular complexity index is 255. The van der Waals surface area contributed by atoms with E-state index < -0.39 is 0 Å². The Balaban J connectivity index is 2.61. The fourth-order valence-electron chi connectivity index (χ4n) is 1.68. The first-order valence-corrected chi connectivity index (χ1v) is 5.51. The van der Waals surface area contributed by atoms with Crippen LogP contribution in [0.5, 0.6) is 0 Å². The molecule has 1 aromatic rings. The van der Waals surface area contributed by atoms with Gasteiger partial charge >= 0.3 is 0 Å². The van der Waals surface area contributed by atoms with Crippen LogP contribution in [0.3, 0.4) is 0 Å².